The van der Waals surface area contributed by atoms with Crippen molar-refractivity contribution in [3.8, 4) is 5.75 Å². The van der Waals surface area contributed by atoms with Gasteiger partial charge in [0.25, 0.3) is 0 Å². The van der Waals surface area contributed by atoms with E-state index < -0.39 is 0 Å². The zero-order chi connectivity index (χ0) is 15.2. The zero-order valence-electron chi connectivity index (χ0n) is 13.8. The molecule has 1 atom stereocenters. The molecule has 0 bridgehead atoms. The summed E-state index contributed by atoms with van der Waals surface area (Å²) in [6.07, 6.45) is 4.63. The lowest BCUT2D eigenvalue weighted by Crippen LogP contribution is -2.39. The van der Waals surface area contributed by atoms with Gasteiger partial charge in [-0.2, -0.15) is 0 Å². The topological polar surface area (TPSA) is 38.5 Å². The van der Waals surface area contributed by atoms with Gasteiger partial charge in [-0.25, -0.2) is 0 Å². The van der Waals surface area contributed by atoms with Crippen molar-refractivity contribution in [2.45, 2.75) is 52.5 Å². The molecule has 2 N–H and O–H groups in total. The molecule has 118 valence electrons. The number of anilines is 1. The number of ether oxygens (including phenoxy) is 1. The maximum Gasteiger partial charge on any atom is 0.122 e. The highest BCUT2D eigenvalue weighted by molar-refractivity contribution is 5.53. The molecule has 2 rings (SSSR count). The van der Waals surface area contributed by atoms with Gasteiger partial charge in [-0.1, -0.05) is 20.3 Å². The monoisotopic (exact) mass is 290 g/mol. The maximum atomic E-state index is 5.97. The van der Waals surface area contributed by atoms with Crippen molar-refractivity contribution in [2.75, 3.05) is 24.6 Å². The van der Waals surface area contributed by atoms with Gasteiger partial charge in [0.05, 0.1) is 6.61 Å². The summed E-state index contributed by atoms with van der Waals surface area (Å²) in [7, 11) is 0. The van der Waals surface area contributed by atoms with Crippen molar-refractivity contribution >= 4 is 5.69 Å². The number of hydrogen-bond donors (Lipinski definition) is 1. The Hall–Kier alpha value is -1.22. The Kier molecular flexibility index (Phi) is 5.92. The third kappa shape index (κ3) is 4.63. The SMILES string of the molecule is CCCC(C)COc1ccc(N2CCC(N)CC2)cc1C. The lowest BCUT2D eigenvalue weighted by atomic mass is 10.0. The first-order valence-electron chi connectivity index (χ1n) is 8.34. The molecule has 0 spiro atoms. The van der Waals surface area contributed by atoms with E-state index in [4.69, 9.17) is 10.5 Å². The second-order valence-electron chi connectivity index (χ2n) is 6.48. The fourth-order valence-corrected chi connectivity index (χ4v) is 2.96. The zero-order valence-corrected chi connectivity index (χ0v) is 13.8. The van der Waals surface area contributed by atoms with Crippen LogP contribution in [0.15, 0.2) is 18.2 Å². The van der Waals surface area contributed by atoms with Crippen molar-refractivity contribution in [1.82, 2.24) is 0 Å². The smallest absolute Gasteiger partial charge is 0.122 e. The van der Waals surface area contributed by atoms with Gasteiger partial charge in [0, 0.05) is 24.8 Å². The summed E-state index contributed by atoms with van der Waals surface area (Å²) in [6.45, 7) is 9.56. The van der Waals surface area contributed by atoms with E-state index in [1.54, 1.807) is 0 Å². The molecule has 1 aliphatic heterocycles. The molecule has 0 aromatic heterocycles. The minimum absolute atomic E-state index is 0.380. The summed E-state index contributed by atoms with van der Waals surface area (Å²) < 4.78 is 5.97. The van der Waals surface area contributed by atoms with Crippen LogP contribution in [0.5, 0.6) is 5.75 Å². The molecule has 0 aliphatic carbocycles. The van der Waals surface area contributed by atoms with Gasteiger partial charge in [-0.15, -0.1) is 0 Å². The largest absolute Gasteiger partial charge is 0.493 e. The van der Waals surface area contributed by atoms with Crippen LogP contribution in [-0.2, 0) is 0 Å². The maximum absolute atomic E-state index is 5.97. The van der Waals surface area contributed by atoms with Gasteiger partial charge in [0.1, 0.15) is 5.75 Å². The van der Waals surface area contributed by atoms with Crippen LogP contribution < -0.4 is 15.4 Å². The predicted molar refractivity (Wildman–Crippen MR) is 90.2 cm³/mol. The van der Waals surface area contributed by atoms with Crippen LogP contribution >= 0.6 is 0 Å². The lowest BCUT2D eigenvalue weighted by Gasteiger charge is -2.32. The van der Waals surface area contributed by atoms with Crippen LogP contribution in [0.2, 0.25) is 0 Å². The molecule has 1 saturated heterocycles. The lowest BCUT2D eigenvalue weighted by molar-refractivity contribution is 0.250. The standard InChI is InChI=1S/C18H30N2O/c1-4-5-14(2)13-21-18-7-6-17(12-15(18)3)20-10-8-16(19)9-11-20/h6-7,12,14,16H,4-5,8-11,13,19H2,1-3H3. The number of nitrogens with zero attached hydrogens (tertiary/aromatic N) is 1. The summed E-state index contributed by atoms with van der Waals surface area (Å²) in [5, 5.41) is 0. The van der Waals surface area contributed by atoms with Crippen molar-refractivity contribution < 1.29 is 4.74 Å². The van der Waals surface area contributed by atoms with E-state index >= 15 is 0 Å². The predicted octanol–water partition coefficient (Wildman–Crippen LogP) is 3.74. The second kappa shape index (κ2) is 7.69. The number of rotatable bonds is 6. The van der Waals surface area contributed by atoms with Gasteiger partial charge < -0.3 is 15.4 Å². The summed E-state index contributed by atoms with van der Waals surface area (Å²) >= 11 is 0. The molecule has 21 heavy (non-hydrogen) atoms. The molecular formula is C18H30N2O. The van der Waals surface area contributed by atoms with E-state index in [1.165, 1.54) is 24.1 Å². The average molecular weight is 290 g/mol. The molecular weight excluding hydrogens is 260 g/mol. The molecule has 1 aromatic carbocycles. The summed E-state index contributed by atoms with van der Waals surface area (Å²) in [6, 6.07) is 6.93. The number of hydrogen-bond acceptors (Lipinski definition) is 3. The van der Waals surface area contributed by atoms with Crippen LogP contribution in [0.25, 0.3) is 0 Å². The Morgan fingerprint density at radius 1 is 1.33 bits per heavy atom. The first-order valence-corrected chi connectivity index (χ1v) is 8.34. The summed E-state index contributed by atoms with van der Waals surface area (Å²) in [4.78, 5) is 2.43. The minimum atomic E-state index is 0.380. The molecule has 1 fully saturated rings. The fraction of sp³-hybridized carbons (Fsp3) is 0.667. The average Bonchev–Trinajstić information content (AvgIpc) is 2.47. The Bertz CT molecular complexity index is 439. The fourth-order valence-electron chi connectivity index (χ4n) is 2.96. The van der Waals surface area contributed by atoms with E-state index in [2.05, 4.69) is 43.9 Å². The number of nitrogens with two attached hydrogens (primary N) is 1. The molecule has 1 aliphatic rings. The molecule has 0 saturated carbocycles. The summed E-state index contributed by atoms with van der Waals surface area (Å²) in [5.74, 6) is 1.65. The number of piperidine rings is 1. The Labute approximate surface area is 129 Å². The van der Waals surface area contributed by atoms with Crippen molar-refractivity contribution in [3.05, 3.63) is 23.8 Å². The first kappa shape index (κ1) is 16.2. The van der Waals surface area contributed by atoms with Crippen molar-refractivity contribution in [3.63, 3.8) is 0 Å². The van der Waals surface area contributed by atoms with Crippen LogP contribution in [-0.4, -0.2) is 25.7 Å². The third-order valence-electron chi connectivity index (χ3n) is 4.37. The Morgan fingerprint density at radius 3 is 2.67 bits per heavy atom. The van der Waals surface area contributed by atoms with Gasteiger partial charge in [0.15, 0.2) is 0 Å². The minimum Gasteiger partial charge on any atom is -0.493 e. The molecule has 1 heterocycles. The number of benzene rings is 1. The number of aryl methyl sites for hydroxylation is 1. The van der Waals surface area contributed by atoms with Crippen LogP contribution in [0, 0.1) is 12.8 Å². The first-order chi connectivity index (χ1) is 10.1. The normalized spacial score (nSPS) is 17.8. The van der Waals surface area contributed by atoms with Crippen molar-refractivity contribution in [1.29, 1.82) is 0 Å². The van der Waals surface area contributed by atoms with E-state index in [0.717, 1.165) is 38.3 Å². The second-order valence-corrected chi connectivity index (χ2v) is 6.48. The summed E-state index contributed by atoms with van der Waals surface area (Å²) in [5.41, 5.74) is 8.50. The van der Waals surface area contributed by atoms with Crippen LogP contribution in [0.4, 0.5) is 5.69 Å². The quantitative estimate of drug-likeness (QED) is 0.867. The van der Waals surface area contributed by atoms with E-state index in [1.807, 2.05) is 0 Å². The molecule has 1 unspecified atom stereocenters. The molecule has 0 amide bonds. The Balaban J connectivity index is 1.94. The highest BCUT2D eigenvalue weighted by Gasteiger charge is 2.17. The molecule has 3 nitrogen and oxygen atoms in total. The molecule has 1 aromatic rings. The molecule has 3 heteroatoms. The van der Waals surface area contributed by atoms with E-state index in [-0.39, 0.29) is 0 Å². The van der Waals surface area contributed by atoms with Crippen LogP contribution in [0.1, 0.15) is 45.1 Å². The van der Waals surface area contributed by atoms with Crippen molar-refractivity contribution in [2.24, 2.45) is 11.7 Å². The van der Waals surface area contributed by atoms with E-state index in [9.17, 15) is 0 Å². The molecule has 0 radical (unpaired) electrons. The van der Waals surface area contributed by atoms with Gasteiger partial charge in [-0.3, -0.25) is 0 Å². The third-order valence-corrected chi connectivity index (χ3v) is 4.37. The van der Waals surface area contributed by atoms with Crippen LogP contribution in [0.3, 0.4) is 0 Å². The van der Waals surface area contributed by atoms with Gasteiger partial charge >= 0.3 is 0 Å². The highest BCUT2D eigenvalue weighted by atomic mass is 16.5. The Morgan fingerprint density at radius 2 is 2.05 bits per heavy atom. The van der Waals surface area contributed by atoms with E-state index in [0.29, 0.717) is 12.0 Å². The van der Waals surface area contributed by atoms with Gasteiger partial charge in [-0.05, 0) is 55.9 Å². The highest BCUT2D eigenvalue weighted by Crippen LogP contribution is 2.27. The van der Waals surface area contributed by atoms with Gasteiger partial charge in [0.2, 0.25) is 0 Å².